The van der Waals surface area contributed by atoms with Gasteiger partial charge in [0.15, 0.2) is 5.76 Å². The van der Waals surface area contributed by atoms with Crippen LogP contribution in [-0.2, 0) is 21.7 Å². The molecule has 134 valence electrons. The number of aromatic nitrogens is 1. The molecule has 5 nitrogen and oxygen atoms in total. The summed E-state index contributed by atoms with van der Waals surface area (Å²) in [7, 11) is 0. The van der Waals surface area contributed by atoms with Crippen molar-refractivity contribution in [2.75, 3.05) is 0 Å². The normalized spacial score (nSPS) is 11.3. The zero-order valence-corrected chi connectivity index (χ0v) is 15.2. The van der Waals surface area contributed by atoms with E-state index in [4.69, 9.17) is 9.36 Å². The zero-order chi connectivity index (χ0) is 18.6. The van der Waals surface area contributed by atoms with E-state index in [0.717, 1.165) is 16.8 Å². The quantitative estimate of drug-likeness (QED) is 0.678. The smallest absolute Gasteiger partial charge is 0.253 e. The number of hydroxylamine groups is 1. The molecule has 0 saturated carbocycles. The second-order valence-corrected chi connectivity index (χ2v) is 6.76. The van der Waals surface area contributed by atoms with E-state index in [1.54, 1.807) is 6.07 Å². The van der Waals surface area contributed by atoms with E-state index in [1.165, 1.54) is 5.56 Å². The number of amides is 1. The standard InChI is InChI=1S/C21H22N2O3/c1-15-9-11-16(12-10-15)19-13-18(26-22-19)14-25-23-20(24)21(2,3)17-7-5-4-6-8-17/h4-13H,14H2,1-3H3,(H,23,24). The molecular formula is C21H22N2O3. The van der Waals surface area contributed by atoms with Gasteiger partial charge in [-0.25, -0.2) is 5.48 Å². The first kappa shape index (κ1) is 17.9. The predicted octanol–water partition coefficient (Wildman–Crippen LogP) is 4.18. The summed E-state index contributed by atoms with van der Waals surface area (Å²) in [4.78, 5) is 17.8. The lowest BCUT2D eigenvalue weighted by Gasteiger charge is -2.23. The number of aryl methyl sites for hydroxylation is 1. The van der Waals surface area contributed by atoms with E-state index < -0.39 is 5.41 Å². The first-order valence-corrected chi connectivity index (χ1v) is 8.47. The van der Waals surface area contributed by atoms with Crippen LogP contribution < -0.4 is 5.48 Å². The van der Waals surface area contributed by atoms with Gasteiger partial charge in [-0.1, -0.05) is 65.3 Å². The van der Waals surface area contributed by atoms with Crippen LogP contribution in [0.5, 0.6) is 0 Å². The summed E-state index contributed by atoms with van der Waals surface area (Å²) in [6.07, 6.45) is 0. The van der Waals surface area contributed by atoms with Gasteiger partial charge in [0.2, 0.25) is 0 Å². The Morgan fingerprint density at radius 3 is 2.50 bits per heavy atom. The monoisotopic (exact) mass is 350 g/mol. The minimum atomic E-state index is -0.699. The van der Waals surface area contributed by atoms with Crippen molar-refractivity contribution in [1.82, 2.24) is 10.6 Å². The number of carbonyl (C=O) groups is 1. The molecule has 0 fully saturated rings. The Morgan fingerprint density at radius 2 is 1.81 bits per heavy atom. The van der Waals surface area contributed by atoms with E-state index in [9.17, 15) is 4.79 Å². The second-order valence-electron chi connectivity index (χ2n) is 6.76. The summed E-state index contributed by atoms with van der Waals surface area (Å²) in [5, 5.41) is 4.04. The molecule has 0 bridgehead atoms. The van der Waals surface area contributed by atoms with Crippen LogP contribution in [0.15, 0.2) is 65.2 Å². The highest BCUT2D eigenvalue weighted by atomic mass is 16.7. The molecule has 1 heterocycles. The van der Waals surface area contributed by atoms with Crippen LogP contribution in [0.25, 0.3) is 11.3 Å². The van der Waals surface area contributed by atoms with Crippen molar-refractivity contribution >= 4 is 5.91 Å². The summed E-state index contributed by atoms with van der Waals surface area (Å²) in [5.41, 5.74) is 5.61. The molecule has 1 N–H and O–H groups in total. The minimum Gasteiger partial charge on any atom is -0.358 e. The second kappa shape index (κ2) is 7.54. The molecule has 2 aromatic carbocycles. The SMILES string of the molecule is Cc1ccc(-c2cc(CONC(=O)C(C)(C)c3ccccc3)on2)cc1. The maximum absolute atomic E-state index is 12.4. The van der Waals surface area contributed by atoms with Gasteiger partial charge in [0.1, 0.15) is 12.3 Å². The minimum absolute atomic E-state index is 0.107. The van der Waals surface area contributed by atoms with E-state index in [1.807, 2.05) is 75.4 Å². The van der Waals surface area contributed by atoms with Crippen molar-refractivity contribution in [1.29, 1.82) is 0 Å². The molecule has 0 aliphatic carbocycles. The molecule has 5 heteroatoms. The van der Waals surface area contributed by atoms with Crippen molar-refractivity contribution in [2.45, 2.75) is 32.8 Å². The van der Waals surface area contributed by atoms with Crippen molar-refractivity contribution in [3.05, 3.63) is 77.6 Å². The van der Waals surface area contributed by atoms with Crippen LogP contribution in [0.4, 0.5) is 0 Å². The van der Waals surface area contributed by atoms with Crippen LogP contribution in [0, 0.1) is 6.92 Å². The number of hydrogen-bond donors (Lipinski definition) is 1. The van der Waals surface area contributed by atoms with Gasteiger partial charge < -0.3 is 4.52 Å². The Labute approximate surface area is 152 Å². The van der Waals surface area contributed by atoms with Crippen molar-refractivity contribution in [3.63, 3.8) is 0 Å². The first-order valence-electron chi connectivity index (χ1n) is 8.47. The molecule has 3 aromatic rings. The topological polar surface area (TPSA) is 64.4 Å². The molecule has 1 amide bonds. The lowest BCUT2D eigenvalue weighted by atomic mass is 9.84. The zero-order valence-electron chi connectivity index (χ0n) is 15.2. The Morgan fingerprint density at radius 1 is 1.12 bits per heavy atom. The number of nitrogens with zero attached hydrogens (tertiary/aromatic N) is 1. The summed E-state index contributed by atoms with van der Waals surface area (Å²) in [6.45, 7) is 5.84. The lowest BCUT2D eigenvalue weighted by molar-refractivity contribution is -0.140. The van der Waals surface area contributed by atoms with E-state index >= 15 is 0 Å². The summed E-state index contributed by atoms with van der Waals surface area (Å²) in [5.74, 6) is 0.320. The van der Waals surface area contributed by atoms with Crippen molar-refractivity contribution in [2.24, 2.45) is 0 Å². The predicted molar refractivity (Wildman–Crippen MR) is 99.1 cm³/mol. The largest absolute Gasteiger partial charge is 0.358 e. The van der Waals surface area contributed by atoms with Crippen LogP contribution in [0.3, 0.4) is 0 Å². The number of hydrogen-bond acceptors (Lipinski definition) is 4. The lowest BCUT2D eigenvalue weighted by Crippen LogP contribution is -2.39. The van der Waals surface area contributed by atoms with E-state index in [2.05, 4.69) is 10.6 Å². The molecule has 0 spiro atoms. The van der Waals surface area contributed by atoms with Gasteiger partial charge in [0, 0.05) is 11.6 Å². The van der Waals surface area contributed by atoms with Crippen LogP contribution in [0.2, 0.25) is 0 Å². The van der Waals surface area contributed by atoms with E-state index in [0.29, 0.717) is 5.76 Å². The summed E-state index contributed by atoms with van der Waals surface area (Å²) >= 11 is 0. The molecule has 26 heavy (non-hydrogen) atoms. The van der Waals surface area contributed by atoms with Gasteiger partial charge in [-0.3, -0.25) is 9.63 Å². The fraction of sp³-hybridized carbons (Fsp3) is 0.238. The number of nitrogens with one attached hydrogen (secondary N) is 1. The third-order valence-electron chi connectivity index (χ3n) is 4.35. The molecule has 1 aromatic heterocycles. The van der Waals surface area contributed by atoms with Crippen molar-refractivity contribution in [3.8, 4) is 11.3 Å². The van der Waals surface area contributed by atoms with Gasteiger partial charge >= 0.3 is 0 Å². The molecule has 0 aliphatic heterocycles. The molecule has 0 unspecified atom stereocenters. The number of rotatable bonds is 6. The van der Waals surface area contributed by atoms with Gasteiger partial charge in [0.05, 0.1) is 5.41 Å². The highest BCUT2D eigenvalue weighted by Crippen LogP contribution is 2.23. The molecule has 0 radical (unpaired) electrons. The van der Waals surface area contributed by atoms with Gasteiger partial charge in [-0.2, -0.15) is 0 Å². The Hall–Kier alpha value is -2.92. The summed E-state index contributed by atoms with van der Waals surface area (Å²) < 4.78 is 5.28. The van der Waals surface area contributed by atoms with Crippen LogP contribution in [0.1, 0.15) is 30.7 Å². The Balaban J connectivity index is 1.57. The highest BCUT2D eigenvalue weighted by molar-refractivity contribution is 5.86. The van der Waals surface area contributed by atoms with Crippen LogP contribution >= 0.6 is 0 Å². The molecule has 0 aliphatic rings. The van der Waals surface area contributed by atoms with Gasteiger partial charge in [0.25, 0.3) is 5.91 Å². The molecular weight excluding hydrogens is 328 g/mol. The summed E-state index contributed by atoms with van der Waals surface area (Å²) in [6, 6.07) is 19.4. The Kier molecular flexibility index (Phi) is 5.19. The Bertz CT molecular complexity index is 868. The fourth-order valence-corrected chi connectivity index (χ4v) is 2.53. The first-order chi connectivity index (χ1) is 12.5. The van der Waals surface area contributed by atoms with Gasteiger partial charge in [-0.05, 0) is 26.3 Å². The fourth-order valence-electron chi connectivity index (χ4n) is 2.53. The van der Waals surface area contributed by atoms with E-state index in [-0.39, 0.29) is 12.5 Å². The molecule has 0 atom stereocenters. The third-order valence-corrected chi connectivity index (χ3v) is 4.35. The van der Waals surface area contributed by atoms with Gasteiger partial charge in [-0.15, -0.1) is 0 Å². The number of benzene rings is 2. The average Bonchev–Trinajstić information content (AvgIpc) is 3.12. The molecule has 3 rings (SSSR count). The number of carbonyl (C=O) groups excluding carboxylic acids is 1. The maximum atomic E-state index is 12.4. The highest BCUT2D eigenvalue weighted by Gasteiger charge is 2.29. The molecule has 0 saturated heterocycles. The maximum Gasteiger partial charge on any atom is 0.253 e. The van der Waals surface area contributed by atoms with Crippen LogP contribution in [-0.4, -0.2) is 11.1 Å². The van der Waals surface area contributed by atoms with Crippen molar-refractivity contribution < 1.29 is 14.2 Å². The average molecular weight is 350 g/mol. The third kappa shape index (κ3) is 4.00.